The minimum atomic E-state index is -0.0612. The number of hydroxylamine groups is 1. The summed E-state index contributed by atoms with van der Waals surface area (Å²) >= 11 is 0. The van der Waals surface area contributed by atoms with E-state index in [2.05, 4.69) is 25.2 Å². The molecule has 28 heavy (non-hydrogen) atoms. The van der Waals surface area contributed by atoms with Crippen LogP contribution in [0.3, 0.4) is 0 Å². The standard InChI is InChI=1S/C19H15N7O2/c27-24-16(14-9-5-2-6-10-14)17(25-28)23-18-15(13-7-3-1-4-8-13)11-20-19-21-12-22-26(18)19/h1-12,27-28H,(H,23,25)/b24-16+. The fraction of sp³-hybridized carbons (Fsp3) is 0. The van der Waals surface area contributed by atoms with Gasteiger partial charge in [0.05, 0.1) is 0 Å². The number of oxime groups is 1. The molecule has 0 saturated heterocycles. The Morgan fingerprint density at radius 3 is 2.36 bits per heavy atom. The molecule has 0 spiro atoms. The van der Waals surface area contributed by atoms with Crippen molar-refractivity contribution in [3.05, 3.63) is 78.8 Å². The van der Waals surface area contributed by atoms with E-state index >= 15 is 0 Å². The van der Waals surface area contributed by atoms with E-state index in [0.717, 1.165) is 5.56 Å². The third-order valence-electron chi connectivity index (χ3n) is 4.06. The first-order chi connectivity index (χ1) is 13.8. The number of hydrogen-bond donors (Lipinski definition) is 3. The van der Waals surface area contributed by atoms with Crippen LogP contribution in [0.2, 0.25) is 0 Å². The van der Waals surface area contributed by atoms with Crippen LogP contribution in [0.1, 0.15) is 5.56 Å². The zero-order chi connectivity index (χ0) is 19.3. The number of hydrogen-bond acceptors (Lipinski definition) is 7. The smallest absolute Gasteiger partial charge is 0.254 e. The van der Waals surface area contributed by atoms with E-state index in [-0.39, 0.29) is 11.5 Å². The van der Waals surface area contributed by atoms with Gasteiger partial charge in [0, 0.05) is 17.3 Å². The first kappa shape index (κ1) is 17.3. The molecule has 9 nitrogen and oxygen atoms in total. The molecule has 0 radical (unpaired) electrons. The summed E-state index contributed by atoms with van der Waals surface area (Å²) in [6.45, 7) is 0. The van der Waals surface area contributed by atoms with Crippen molar-refractivity contribution in [3.63, 3.8) is 0 Å². The highest BCUT2D eigenvalue weighted by Crippen LogP contribution is 2.29. The van der Waals surface area contributed by atoms with Gasteiger partial charge in [-0.05, 0) is 5.56 Å². The first-order valence-electron chi connectivity index (χ1n) is 8.32. The summed E-state index contributed by atoms with van der Waals surface area (Å²) in [4.78, 5) is 12.9. The van der Waals surface area contributed by atoms with Gasteiger partial charge in [-0.15, -0.1) is 0 Å². The van der Waals surface area contributed by atoms with Crippen molar-refractivity contribution >= 4 is 23.1 Å². The predicted octanol–water partition coefficient (Wildman–Crippen LogP) is 2.68. The number of amidine groups is 1. The fourth-order valence-corrected chi connectivity index (χ4v) is 2.77. The van der Waals surface area contributed by atoms with Crippen LogP contribution in [0, 0.1) is 0 Å². The Kier molecular flexibility index (Phi) is 4.72. The number of aliphatic imine (C=N–C) groups is 1. The lowest BCUT2D eigenvalue weighted by atomic mass is 10.1. The van der Waals surface area contributed by atoms with Gasteiger partial charge in [0.25, 0.3) is 5.78 Å². The van der Waals surface area contributed by atoms with E-state index in [1.165, 1.54) is 10.8 Å². The monoisotopic (exact) mass is 373 g/mol. The van der Waals surface area contributed by atoms with E-state index in [0.29, 0.717) is 22.7 Å². The molecule has 4 rings (SSSR count). The third-order valence-corrected chi connectivity index (χ3v) is 4.06. The van der Waals surface area contributed by atoms with E-state index in [9.17, 15) is 10.4 Å². The lowest BCUT2D eigenvalue weighted by molar-refractivity contribution is 0.236. The summed E-state index contributed by atoms with van der Waals surface area (Å²) in [6.07, 6.45) is 2.99. The number of nitrogens with one attached hydrogen (secondary N) is 1. The molecule has 0 unspecified atom stereocenters. The first-order valence-corrected chi connectivity index (χ1v) is 8.32. The number of fused-ring (bicyclic) bond motifs is 1. The van der Waals surface area contributed by atoms with Crippen molar-refractivity contribution in [3.8, 4) is 11.1 Å². The summed E-state index contributed by atoms with van der Waals surface area (Å²) in [7, 11) is 0. The minimum Gasteiger partial charge on any atom is -0.410 e. The fourth-order valence-electron chi connectivity index (χ4n) is 2.77. The van der Waals surface area contributed by atoms with Gasteiger partial charge < -0.3 is 5.21 Å². The van der Waals surface area contributed by atoms with Crippen LogP contribution < -0.4 is 5.48 Å². The van der Waals surface area contributed by atoms with Crippen LogP contribution in [0.15, 0.2) is 83.3 Å². The lowest BCUT2D eigenvalue weighted by Crippen LogP contribution is -2.29. The molecule has 0 fully saturated rings. The molecule has 138 valence electrons. The highest BCUT2D eigenvalue weighted by atomic mass is 16.5. The van der Waals surface area contributed by atoms with Crippen LogP contribution in [0.4, 0.5) is 5.82 Å². The van der Waals surface area contributed by atoms with E-state index in [1.54, 1.807) is 30.5 Å². The Balaban J connectivity index is 1.93. The summed E-state index contributed by atoms with van der Waals surface area (Å²) in [6, 6.07) is 18.4. The number of benzene rings is 2. The lowest BCUT2D eigenvalue weighted by Gasteiger charge is -2.11. The zero-order valence-electron chi connectivity index (χ0n) is 14.5. The Labute approximate surface area is 159 Å². The molecular formula is C19H15N7O2. The second-order valence-corrected chi connectivity index (χ2v) is 5.72. The normalized spacial score (nSPS) is 12.3. The van der Waals surface area contributed by atoms with E-state index in [1.807, 2.05) is 41.9 Å². The molecule has 0 atom stereocenters. The maximum atomic E-state index is 9.70. The molecule has 4 aromatic rings. The second-order valence-electron chi connectivity index (χ2n) is 5.72. The van der Waals surface area contributed by atoms with Crippen LogP contribution >= 0.6 is 0 Å². The van der Waals surface area contributed by atoms with Crippen LogP contribution in [0.25, 0.3) is 16.9 Å². The molecule has 0 saturated carbocycles. The average molecular weight is 373 g/mol. The molecule has 9 heteroatoms. The second kappa shape index (κ2) is 7.64. The SMILES string of the molecule is O/N=C(/C(=N/c1c(-c2ccccc2)cnc2ncnn12)NO)c1ccccc1. The highest BCUT2D eigenvalue weighted by Gasteiger charge is 2.17. The Morgan fingerprint density at radius 1 is 0.964 bits per heavy atom. The highest BCUT2D eigenvalue weighted by molar-refractivity contribution is 6.47. The van der Waals surface area contributed by atoms with Crippen LogP contribution in [-0.4, -0.2) is 41.5 Å². The Morgan fingerprint density at radius 2 is 1.68 bits per heavy atom. The predicted molar refractivity (Wildman–Crippen MR) is 103 cm³/mol. The number of aromatic nitrogens is 4. The van der Waals surface area contributed by atoms with Gasteiger partial charge in [0.2, 0.25) is 0 Å². The van der Waals surface area contributed by atoms with Gasteiger partial charge in [-0.25, -0.2) is 9.98 Å². The Hall–Kier alpha value is -4.11. The maximum Gasteiger partial charge on any atom is 0.254 e. The van der Waals surface area contributed by atoms with E-state index in [4.69, 9.17) is 0 Å². The molecule has 2 heterocycles. The van der Waals surface area contributed by atoms with Crippen molar-refractivity contribution in [1.82, 2.24) is 25.1 Å². The molecule has 2 aromatic carbocycles. The molecule has 0 aliphatic carbocycles. The minimum absolute atomic E-state index is 0.0612. The van der Waals surface area contributed by atoms with E-state index < -0.39 is 0 Å². The number of nitrogens with zero attached hydrogens (tertiary/aromatic N) is 6. The van der Waals surface area contributed by atoms with Crippen molar-refractivity contribution < 1.29 is 10.4 Å². The topological polar surface area (TPSA) is 120 Å². The molecule has 0 amide bonds. The molecule has 0 aliphatic heterocycles. The number of rotatable bonds is 4. The maximum absolute atomic E-state index is 9.70. The summed E-state index contributed by atoms with van der Waals surface area (Å²) < 4.78 is 1.44. The molecule has 0 bridgehead atoms. The third kappa shape index (κ3) is 3.17. The zero-order valence-corrected chi connectivity index (χ0v) is 14.5. The van der Waals surface area contributed by atoms with Gasteiger partial charge in [-0.2, -0.15) is 14.6 Å². The largest absolute Gasteiger partial charge is 0.410 e. The summed E-state index contributed by atoms with van der Waals surface area (Å²) in [5.74, 6) is 0.647. The van der Waals surface area contributed by atoms with Crippen molar-refractivity contribution in [1.29, 1.82) is 0 Å². The molecule has 3 N–H and O–H groups in total. The van der Waals surface area contributed by atoms with Crippen LogP contribution in [0.5, 0.6) is 0 Å². The molecule has 2 aromatic heterocycles. The van der Waals surface area contributed by atoms with Gasteiger partial charge >= 0.3 is 0 Å². The van der Waals surface area contributed by atoms with Crippen molar-refractivity contribution in [2.24, 2.45) is 10.1 Å². The van der Waals surface area contributed by atoms with Gasteiger partial charge in [0.1, 0.15) is 6.33 Å². The molecule has 0 aliphatic rings. The van der Waals surface area contributed by atoms with Crippen molar-refractivity contribution in [2.45, 2.75) is 0 Å². The van der Waals surface area contributed by atoms with Gasteiger partial charge in [-0.3, -0.25) is 10.7 Å². The van der Waals surface area contributed by atoms with Crippen LogP contribution in [-0.2, 0) is 0 Å². The quantitative estimate of drug-likeness (QED) is 0.219. The average Bonchev–Trinajstić information content (AvgIpc) is 3.24. The van der Waals surface area contributed by atoms with Crippen molar-refractivity contribution in [2.75, 3.05) is 0 Å². The molecular weight excluding hydrogens is 358 g/mol. The van der Waals surface area contributed by atoms with Gasteiger partial charge in [0.15, 0.2) is 17.4 Å². The Bertz CT molecular complexity index is 1150. The summed E-state index contributed by atoms with van der Waals surface area (Å²) in [5.41, 5.74) is 4.16. The summed E-state index contributed by atoms with van der Waals surface area (Å²) in [5, 5.41) is 26.7. The van der Waals surface area contributed by atoms with Gasteiger partial charge in [-0.1, -0.05) is 65.8 Å².